The molecule has 157 valence electrons. The molecule has 12 heteroatoms. The number of carbonyl (C=O) groups is 1. The minimum Gasteiger partial charge on any atom is -1.00 e. The molecule has 1 heterocycles. The van der Waals surface area contributed by atoms with E-state index in [2.05, 4.69) is 15.5 Å². The van der Waals surface area contributed by atoms with Crippen molar-refractivity contribution in [2.45, 2.75) is 0 Å². The van der Waals surface area contributed by atoms with Crippen LogP contribution in [0.15, 0.2) is 70.6 Å². The first kappa shape index (κ1) is 28.3. The van der Waals surface area contributed by atoms with Gasteiger partial charge in [0, 0.05) is 11.1 Å². The molecule has 0 saturated heterocycles. The number of carbonyl (C=O) groups excluding carboxylic acids is 1. The van der Waals surface area contributed by atoms with Crippen molar-refractivity contribution >= 4 is 23.0 Å². The Morgan fingerprint density at radius 3 is 2.28 bits per heavy atom. The first-order chi connectivity index (χ1) is 12.5. The fourth-order valence-corrected chi connectivity index (χ4v) is 2.07. The number of nitrogens with zero attached hydrogens (tertiary/aromatic N) is 2. The summed E-state index contributed by atoms with van der Waals surface area (Å²) in [5.41, 5.74) is 3.80. The van der Waals surface area contributed by atoms with E-state index in [1.165, 1.54) is 6.21 Å². The number of hydrogen-bond donors (Lipinski definition) is 3. The van der Waals surface area contributed by atoms with Crippen molar-refractivity contribution in [1.82, 2.24) is 10.4 Å². The molecular weight excluding hydrogens is 475 g/mol. The number of aromatic nitrogens is 1. The molecule has 3 rings (SSSR count). The Bertz CT molecular complexity index is 1010. The van der Waals surface area contributed by atoms with Gasteiger partial charge in [0.05, 0.1) is 11.8 Å². The third kappa shape index (κ3) is 9.22. The molecule has 0 aliphatic rings. The van der Waals surface area contributed by atoms with E-state index in [0.717, 1.165) is 10.9 Å². The molecule has 2 aromatic carbocycles. The minimum absolute atomic E-state index is 0. The molecule has 1 radical (unpaired) electrons. The quantitative estimate of drug-likeness (QED) is 0.149. The Morgan fingerprint density at radius 1 is 1.10 bits per heavy atom. The van der Waals surface area contributed by atoms with Crippen LogP contribution in [0.4, 0.5) is 0 Å². The number of hydrogen-bond acceptors (Lipinski definition) is 5. The van der Waals surface area contributed by atoms with E-state index in [4.69, 9.17) is 15.3 Å². The molecule has 29 heavy (non-hydrogen) atoms. The van der Waals surface area contributed by atoms with Gasteiger partial charge in [0.15, 0.2) is 0 Å². The molecule has 0 atom stereocenters. The zero-order chi connectivity index (χ0) is 18.9. The molecular formula is C17H14Cl2CuN4O5. The van der Waals surface area contributed by atoms with E-state index in [1.54, 1.807) is 30.3 Å². The number of para-hydroxylation sites is 1. The van der Waals surface area contributed by atoms with E-state index in [9.17, 15) is 9.59 Å². The van der Waals surface area contributed by atoms with Gasteiger partial charge in [-0.3, -0.25) is 9.59 Å². The Kier molecular flexibility index (Phi) is 13.8. The van der Waals surface area contributed by atoms with Gasteiger partial charge >= 0.3 is 17.1 Å². The fraction of sp³-hybridized carbons (Fsp3) is 0. The van der Waals surface area contributed by atoms with Crippen LogP contribution in [-0.2, 0) is 17.1 Å². The molecule has 3 aromatic rings. The van der Waals surface area contributed by atoms with Crippen molar-refractivity contribution in [2.75, 3.05) is 0 Å². The molecule has 0 saturated carbocycles. The van der Waals surface area contributed by atoms with Crippen molar-refractivity contribution in [2.24, 2.45) is 5.10 Å². The van der Waals surface area contributed by atoms with Gasteiger partial charge in [0.25, 0.3) is 16.6 Å². The summed E-state index contributed by atoms with van der Waals surface area (Å²) in [5, 5.41) is 18.4. The Hall–Kier alpha value is -2.91. The third-order valence-corrected chi connectivity index (χ3v) is 3.19. The van der Waals surface area contributed by atoms with Gasteiger partial charge in [-0.15, -0.1) is 10.1 Å². The number of halogens is 2. The molecule has 0 aliphatic heterocycles. The molecule has 1 aromatic heterocycles. The van der Waals surface area contributed by atoms with Crippen molar-refractivity contribution in [3.63, 3.8) is 0 Å². The summed E-state index contributed by atoms with van der Waals surface area (Å²) in [6.07, 6.45) is 1.34. The predicted molar refractivity (Wildman–Crippen MR) is 94.9 cm³/mol. The molecule has 0 unspecified atom stereocenters. The minimum atomic E-state index is -1.50. The second kappa shape index (κ2) is 14.1. The standard InChI is InChI=1S/C17H13N3O2.2ClH.Cu.HNO3/c21-16-14(10-13-8-4-5-9-15(13)19-16)11-18-20-17(22)12-6-2-1-3-7-12;;;;2-1(3)4/h1-11H,(H,19,21)(H,20,22);2*1H;;(H,2,3,4)/q;;;+2;/p-2/b18-11+;;;;. The Morgan fingerprint density at radius 2 is 1.66 bits per heavy atom. The van der Waals surface area contributed by atoms with Crippen LogP contribution in [0, 0.1) is 10.1 Å². The number of amides is 1. The molecule has 0 aliphatic carbocycles. The maximum absolute atomic E-state index is 11.9. The number of nitrogens with one attached hydrogen (secondary N) is 2. The second-order valence-corrected chi connectivity index (χ2v) is 4.94. The molecule has 3 N–H and O–H groups in total. The van der Waals surface area contributed by atoms with Gasteiger partial charge in [-0.1, -0.05) is 36.4 Å². The maximum Gasteiger partial charge on any atom is 2.00 e. The van der Waals surface area contributed by atoms with Crippen molar-refractivity contribution in [1.29, 1.82) is 0 Å². The summed E-state index contributed by atoms with van der Waals surface area (Å²) in [6, 6.07) is 17.9. The van der Waals surface area contributed by atoms with Gasteiger partial charge in [-0.25, -0.2) is 5.43 Å². The number of aromatic amines is 1. The monoisotopic (exact) mass is 487 g/mol. The predicted octanol–water partition coefficient (Wildman–Crippen LogP) is -4.05. The molecule has 1 amide bonds. The van der Waals surface area contributed by atoms with E-state index >= 15 is 0 Å². The number of H-pyrrole nitrogens is 1. The van der Waals surface area contributed by atoms with Crippen molar-refractivity contribution < 1.29 is 57.0 Å². The molecule has 0 spiro atoms. The van der Waals surface area contributed by atoms with Crippen LogP contribution in [-0.4, -0.2) is 27.4 Å². The third-order valence-electron chi connectivity index (χ3n) is 3.19. The van der Waals surface area contributed by atoms with E-state index in [-0.39, 0.29) is 53.3 Å². The zero-order valence-electron chi connectivity index (χ0n) is 14.4. The second-order valence-electron chi connectivity index (χ2n) is 4.94. The van der Waals surface area contributed by atoms with Crippen molar-refractivity contribution in [3.8, 4) is 0 Å². The van der Waals surface area contributed by atoms with Crippen LogP contribution in [0.1, 0.15) is 15.9 Å². The number of fused-ring (bicyclic) bond motifs is 1. The van der Waals surface area contributed by atoms with Crippen LogP contribution in [0.5, 0.6) is 0 Å². The Balaban J connectivity index is 0. The van der Waals surface area contributed by atoms with Crippen molar-refractivity contribution in [3.05, 3.63) is 92.3 Å². The van der Waals surface area contributed by atoms with Gasteiger partial charge in [-0.05, 0) is 29.7 Å². The zero-order valence-corrected chi connectivity index (χ0v) is 16.8. The summed E-state index contributed by atoms with van der Waals surface area (Å²) >= 11 is 0. The van der Waals surface area contributed by atoms with Gasteiger partial charge in [0.1, 0.15) is 0 Å². The normalized spacial score (nSPS) is 9.10. The smallest absolute Gasteiger partial charge is 1.00 e. The fourth-order valence-electron chi connectivity index (χ4n) is 2.07. The first-order valence-electron chi connectivity index (χ1n) is 7.31. The van der Waals surface area contributed by atoms with E-state index < -0.39 is 5.09 Å². The summed E-state index contributed by atoms with van der Waals surface area (Å²) in [7, 11) is 0. The number of pyridine rings is 1. The molecule has 0 bridgehead atoms. The summed E-state index contributed by atoms with van der Waals surface area (Å²) in [5.74, 6) is -0.325. The summed E-state index contributed by atoms with van der Waals surface area (Å²) < 4.78 is 0. The molecule has 0 fully saturated rings. The summed E-state index contributed by atoms with van der Waals surface area (Å²) in [6.45, 7) is 0. The largest absolute Gasteiger partial charge is 2.00 e. The van der Waals surface area contributed by atoms with Crippen LogP contribution >= 0.6 is 0 Å². The average Bonchev–Trinajstić information content (AvgIpc) is 2.62. The SMILES string of the molecule is O=C(N/N=C/c1cc2ccccc2[nH]c1=O)c1ccccc1.O=[N+]([O-])O.[Cl-].[Cl-].[Cu+2]. The first-order valence-corrected chi connectivity index (χ1v) is 7.31. The summed E-state index contributed by atoms with van der Waals surface area (Å²) in [4.78, 5) is 34.9. The van der Waals surface area contributed by atoms with Crippen LogP contribution in [0.2, 0.25) is 0 Å². The van der Waals surface area contributed by atoms with Gasteiger partial charge < -0.3 is 35.0 Å². The number of hydrazone groups is 1. The van der Waals surface area contributed by atoms with E-state index in [0.29, 0.717) is 11.1 Å². The van der Waals surface area contributed by atoms with Crippen LogP contribution < -0.4 is 35.8 Å². The van der Waals surface area contributed by atoms with Gasteiger partial charge in [-0.2, -0.15) is 5.10 Å². The molecule has 9 nitrogen and oxygen atoms in total. The maximum atomic E-state index is 11.9. The topological polar surface area (TPSA) is 138 Å². The number of benzene rings is 2. The Labute approximate surface area is 187 Å². The van der Waals surface area contributed by atoms with E-state index in [1.807, 2.05) is 30.3 Å². The van der Waals surface area contributed by atoms with Gasteiger partial charge in [0.2, 0.25) is 0 Å². The average molecular weight is 489 g/mol. The van der Waals surface area contributed by atoms with Crippen LogP contribution in [0.3, 0.4) is 0 Å². The van der Waals surface area contributed by atoms with Crippen LogP contribution in [0.25, 0.3) is 10.9 Å². The number of rotatable bonds is 3.